The Morgan fingerprint density at radius 1 is 1.25 bits per heavy atom. The Bertz CT molecular complexity index is 206. The average molecular weight is 164 g/mol. The van der Waals surface area contributed by atoms with E-state index in [1.54, 1.807) is 11.1 Å². The summed E-state index contributed by atoms with van der Waals surface area (Å²) in [6.45, 7) is 9.15. The van der Waals surface area contributed by atoms with E-state index in [-0.39, 0.29) is 0 Å². The number of rotatable bonds is 2. The maximum atomic E-state index is 2.40. The first kappa shape index (κ1) is 9.57. The van der Waals surface area contributed by atoms with Crippen LogP contribution in [0.5, 0.6) is 0 Å². The highest BCUT2D eigenvalue weighted by Crippen LogP contribution is 2.26. The van der Waals surface area contributed by atoms with Crippen LogP contribution < -0.4 is 0 Å². The molecule has 0 heteroatoms. The third kappa shape index (κ3) is 2.23. The lowest BCUT2D eigenvalue weighted by Gasteiger charge is -2.20. The van der Waals surface area contributed by atoms with E-state index in [9.17, 15) is 0 Å². The summed E-state index contributed by atoms with van der Waals surface area (Å²) in [4.78, 5) is 0. The van der Waals surface area contributed by atoms with Crippen LogP contribution in [0.25, 0.3) is 0 Å². The van der Waals surface area contributed by atoms with Gasteiger partial charge in [-0.2, -0.15) is 0 Å². The van der Waals surface area contributed by atoms with Gasteiger partial charge in [0.15, 0.2) is 0 Å². The molecule has 0 aliphatic heterocycles. The number of allylic oxidation sites excluding steroid dienone is 4. The first-order valence-corrected chi connectivity index (χ1v) is 4.98. The summed E-state index contributed by atoms with van der Waals surface area (Å²) >= 11 is 0. The van der Waals surface area contributed by atoms with E-state index in [4.69, 9.17) is 0 Å². The molecule has 1 atom stereocenters. The summed E-state index contributed by atoms with van der Waals surface area (Å²) in [5.41, 5.74) is 3.09. The number of hydrogen-bond acceptors (Lipinski definition) is 0. The van der Waals surface area contributed by atoms with Gasteiger partial charge in [0.25, 0.3) is 0 Å². The normalized spacial score (nSPS) is 20.4. The summed E-state index contributed by atoms with van der Waals surface area (Å²) in [7, 11) is 0. The minimum absolute atomic E-state index is 0.722. The van der Waals surface area contributed by atoms with E-state index in [2.05, 4.69) is 39.8 Å². The molecule has 0 amide bonds. The molecule has 1 aliphatic rings. The van der Waals surface area contributed by atoms with Crippen LogP contribution in [0.3, 0.4) is 0 Å². The predicted octanol–water partition coefficient (Wildman–Crippen LogP) is 3.95. The minimum Gasteiger partial charge on any atom is -0.0807 e. The monoisotopic (exact) mass is 164 g/mol. The Kier molecular flexibility index (Phi) is 3.13. The van der Waals surface area contributed by atoms with Gasteiger partial charge in [-0.05, 0) is 37.2 Å². The van der Waals surface area contributed by atoms with Crippen LogP contribution in [0.4, 0.5) is 0 Å². The zero-order valence-electron chi connectivity index (χ0n) is 8.72. The van der Waals surface area contributed by atoms with Gasteiger partial charge < -0.3 is 0 Å². The van der Waals surface area contributed by atoms with E-state index >= 15 is 0 Å². The zero-order valence-corrected chi connectivity index (χ0v) is 8.72. The molecule has 68 valence electrons. The summed E-state index contributed by atoms with van der Waals surface area (Å²) < 4.78 is 0. The standard InChI is InChI=1S/C12H20/c1-9(2)11(4)12-7-5-6-10(3)8-12/h7-9,11H,5-6H2,1-4H3. The first-order chi connectivity index (χ1) is 5.61. The quantitative estimate of drug-likeness (QED) is 0.580. The molecule has 0 aromatic rings. The van der Waals surface area contributed by atoms with E-state index in [0.29, 0.717) is 0 Å². The summed E-state index contributed by atoms with van der Waals surface area (Å²) in [6, 6.07) is 0. The van der Waals surface area contributed by atoms with Crippen molar-refractivity contribution in [2.45, 2.75) is 40.5 Å². The van der Waals surface area contributed by atoms with Crippen molar-refractivity contribution < 1.29 is 0 Å². The minimum atomic E-state index is 0.722. The second-order valence-electron chi connectivity index (χ2n) is 4.27. The highest BCUT2D eigenvalue weighted by Gasteiger charge is 2.12. The van der Waals surface area contributed by atoms with Crippen molar-refractivity contribution >= 4 is 0 Å². The van der Waals surface area contributed by atoms with E-state index in [1.807, 2.05) is 0 Å². The predicted molar refractivity (Wildman–Crippen MR) is 55.1 cm³/mol. The van der Waals surface area contributed by atoms with Gasteiger partial charge in [-0.15, -0.1) is 0 Å². The Balaban J connectivity index is 2.69. The Morgan fingerprint density at radius 3 is 2.42 bits per heavy atom. The maximum Gasteiger partial charge on any atom is -0.0170 e. The fraction of sp³-hybridized carbons (Fsp3) is 0.667. The van der Waals surface area contributed by atoms with Crippen molar-refractivity contribution in [3.63, 3.8) is 0 Å². The second kappa shape index (κ2) is 3.93. The van der Waals surface area contributed by atoms with Crippen LogP contribution in [-0.2, 0) is 0 Å². The molecular weight excluding hydrogens is 144 g/mol. The third-order valence-corrected chi connectivity index (χ3v) is 2.86. The van der Waals surface area contributed by atoms with Crippen LogP contribution in [0.1, 0.15) is 40.5 Å². The molecule has 0 bridgehead atoms. The molecule has 0 fully saturated rings. The SMILES string of the molecule is CC1=CC(C(C)C(C)C)=CCC1. The zero-order chi connectivity index (χ0) is 9.14. The lowest BCUT2D eigenvalue weighted by molar-refractivity contribution is 0.484. The van der Waals surface area contributed by atoms with E-state index in [0.717, 1.165) is 11.8 Å². The Labute approximate surface area is 76.4 Å². The molecule has 0 radical (unpaired) electrons. The summed E-state index contributed by atoms with van der Waals surface area (Å²) in [5, 5.41) is 0. The van der Waals surface area contributed by atoms with Crippen molar-refractivity contribution in [3.05, 3.63) is 23.3 Å². The molecular formula is C12H20. The Morgan fingerprint density at radius 2 is 1.92 bits per heavy atom. The van der Waals surface area contributed by atoms with Crippen molar-refractivity contribution in [2.24, 2.45) is 11.8 Å². The molecule has 0 spiro atoms. The average Bonchev–Trinajstić information content (AvgIpc) is 2.03. The van der Waals surface area contributed by atoms with Gasteiger partial charge in [0.1, 0.15) is 0 Å². The van der Waals surface area contributed by atoms with Gasteiger partial charge in [-0.3, -0.25) is 0 Å². The van der Waals surface area contributed by atoms with Crippen LogP contribution in [0.15, 0.2) is 23.3 Å². The molecule has 0 nitrogen and oxygen atoms in total. The van der Waals surface area contributed by atoms with Crippen LogP contribution in [0, 0.1) is 11.8 Å². The van der Waals surface area contributed by atoms with Gasteiger partial charge in [-0.1, -0.05) is 38.5 Å². The topological polar surface area (TPSA) is 0 Å². The van der Waals surface area contributed by atoms with Crippen LogP contribution in [0.2, 0.25) is 0 Å². The molecule has 0 saturated heterocycles. The number of hydrogen-bond donors (Lipinski definition) is 0. The Hall–Kier alpha value is -0.520. The molecule has 1 unspecified atom stereocenters. The highest BCUT2D eigenvalue weighted by molar-refractivity contribution is 5.28. The highest BCUT2D eigenvalue weighted by atomic mass is 14.2. The molecule has 0 aromatic carbocycles. The molecule has 1 rings (SSSR count). The van der Waals surface area contributed by atoms with Crippen molar-refractivity contribution in [1.29, 1.82) is 0 Å². The molecule has 0 aromatic heterocycles. The molecule has 0 saturated carbocycles. The van der Waals surface area contributed by atoms with Gasteiger partial charge in [0.2, 0.25) is 0 Å². The van der Waals surface area contributed by atoms with Crippen molar-refractivity contribution in [1.82, 2.24) is 0 Å². The molecule has 1 aliphatic carbocycles. The van der Waals surface area contributed by atoms with Gasteiger partial charge >= 0.3 is 0 Å². The molecule has 12 heavy (non-hydrogen) atoms. The fourth-order valence-electron chi connectivity index (χ4n) is 1.58. The third-order valence-electron chi connectivity index (χ3n) is 2.86. The molecule has 0 heterocycles. The van der Waals surface area contributed by atoms with Gasteiger partial charge in [-0.25, -0.2) is 0 Å². The molecule has 0 N–H and O–H groups in total. The van der Waals surface area contributed by atoms with Crippen LogP contribution >= 0.6 is 0 Å². The largest absolute Gasteiger partial charge is 0.0807 e. The summed E-state index contributed by atoms with van der Waals surface area (Å²) in [5.74, 6) is 1.48. The maximum absolute atomic E-state index is 2.40. The van der Waals surface area contributed by atoms with E-state index < -0.39 is 0 Å². The fourth-order valence-corrected chi connectivity index (χ4v) is 1.58. The van der Waals surface area contributed by atoms with Crippen LogP contribution in [-0.4, -0.2) is 0 Å². The van der Waals surface area contributed by atoms with Crippen molar-refractivity contribution in [2.75, 3.05) is 0 Å². The first-order valence-electron chi connectivity index (χ1n) is 4.98. The second-order valence-corrected chi connectivity index (χ2v) is 4.27. The lowest BCUT2D eigenvalue weighted by atomic mass is 9.85. The lowest BCUT2D eigenvalue weighted by Crippen LogP contribution is -2.07. The van der Waals surface area contributed by atoms with Crippen molar-refractivity contribution in [3.8, 4) is 0 Å². The smallest absolute Gasteiger partial charge is 0.0170 e. The van der Waals surface area contributed by atoms with Gasteiger partial charge in [0.05, 0.1) is 0 Å². The summed E-state index contributed by atoms with van der Waals surface area (Å²) in [6.07, 6.45) is 7.27. The van der Waals surface area contributed by atoms with E-state index in [1.165, 1.54) is 12.8 Å². The van der Waals surface area contributed by atoms with Gasteiger partial charge in [0, 0.05) is 0 Å².